The standard InChI is InChI=1S/C10H20N2O2/c1-8(2)4-6-14-10(13)12-9-3-5-11-7-9/h8-9,11H,3-7H2,1-2H3,(H,12,13). The summed E-state index contributed by atoms with van der Waals surface area (Å²) >= 11 is 0. The Kier molecular flexibility index (Phi) is 4.73. The minimum atomic E-state index is -0.278. The van der Waals surface area contributed by atoms with Gasteiger partial charge in [-0.05, 0) is 25.3 Å². The fourth-order valence-corrected chi connectivity index (χ4v) is 1.37. The summed E-state index contributed by atoms with van der Waals surface area (Å²) in [6.45, 7) is 6.59. The molecule has 14 heavy (non-hydrogen) atoms. The first-order chi connectivity index (χ1) is 6.68. The molecule has 1 amide bonds. The molecule has 0 radical (unpaired) electrons. The first-order valence-corrected chi connectivity index (χ1v) is 5.32. The van der Waals surface area contributed by atoms with Gasteiger partial charge in [0.15, 0.2) is 0 Å². The Bertz CT molecular complexity index is 177. The number of ether oxygens (including phenoxy) is 1. The van der Waals surface area contributed by atoms with E-state index >= 15 is 0 Å². The van der Waals surface area contributed by atoms with Crippen LogP contribution in [0.3, 0.4) is 0 Å². The summed E-state index contributed by atoms with van der Waals surface area (Å²) in [6.07, 6.45) is 1.65. The van der Waals surface area contributed by atoms with E-state index < -0.39 is 0 Å². The molecular formula is C10H20N2O2. The van der Waals surface area contributed by atoms with Crippen LogP contribution in [0.4, 0.5) is 4.79 Å². The lowest BCUT2D eigenvalue weighted by Gasteiger charge is -2.12. The van der Waals surface area contributed by atoms with E-state index in [1.165, 1.54) is 0 Å². The fourth-order valence-electron chi connectivity index (χ4n) is 1.37. The van der Waals surface area contributed by atoms with Gasteiger partial charge in [0, 0.05) is 12.6 Å². The fraction of sp³-hybridized carbons (Fsp3) is 0.900. The summed E-state index contributed by atoms with van der Waals surface area (Å²) in [5.74, 6) is 0.580. The van der Waals surface area contributed by atoms with Gasteiger partial charge in [0.25, 0.3) is 0 Å². The largest absolute Gasteiger partial charge is 0.450 e. The molecule has 0 saturated carbocycles. The molecule has 0 aromatic rings. The molecule has 1 aliphatic rings. The zero-order valence-electron chi connectivity index (χ0n) is 9.01. The SMILES string of the molecule is CC(C)CCOC(=O)NC1CCNC1. The van der Waals surface area contributed by atoms with Crippen molar-refractivity contribution in [3.63, 3.8) is 0 Å². The molecular weight excluding hydrogens is 180 g/mol. The molecule has 0 aliphatic carbocycles. The van der Waals surface area contributed by atoms with E-state index in [-0.39, 0.29) is 12.1 Å². The van der Waals surface area contributed by atoms with Crippen molar-refractivity contribution in [2.75, 3.05) is 19.7 Å². The van der Waals surface area contributed by atoms with Gasteiger partial charge in [-0.15, -0.1) is 0 Å². The maximum atomic E-state index is 11.2. The van der Waals surface area contributed by atoms with Gasteiger partial charge in [0.05, 0.1) is 6.61 Å². The molecule has 0 spiro atoms. The Balaban J connectivity index is 2.03. The van der Waals surface area contributed by atoms with Crippen LogP contribution in [0.5, 0.6) is 0 Å². The molecule has 4 heteroatoms. The Morgan fingerprint density at radius 2 is 2.43 bits per heavy atom. The zero-order valence-corrected chi connectivity index (χ0v) is 9.01. The van der Waals surface area contributed by atoms with E-state index in [2.05, 4.69) is 24.5 Å². The van der Waals surface area contributed by atoms with Crippen molar-refractivity contribution in [3.8, 4) is 0 Å². The molecule has 1 fully saturated rings. The predicted octanol–water partition coefficient (Wildman–Crippen LogP) is 1.12. The summed E-state index contributed by atoms with van der Waals surface area (Å²) in [5.41, 5.74) is 0. The highest BCUT2D eigenvalue weighted by atomic mass is 16.5. The number of nitrogens with one attached hydrogen (secondary N) is 2. The third kappa shape index (κ3) is 4.46. The third-order valence-corrected chi connectivity index (χ3v) is 2.31. The molecule has 0 bridgehead atoms. The number of rotatable bonds is 4. The summed E-state index contributed by atoms with van der Waals surface area (Å²) in [6, 6.07) is 0.251. The van der Waals surface area contributed by atoms with Gasteiger partial charge in [-0.25, -0.2) is 4.79 Å². The van der Waals surface area contributed by atoms with Crippen molar-refractivity contribution in [2.45, 2.75) is 32.7 Å². The van der Waals surface area contributed by atoms with Crippen molar-refractivity contribution in [1.82, 2.24) is 10.6 Å². The van der Waals surface area contributed by atoms with Gasteiger partial charge < -0.3 is 15.4 Å². The maximum absolute atomic E-state index is 11.2. The van der Waals surface area contributed by atoms with E-state index in [0.29, 0.717) is 12.5 Å². The summed E-state index contributed by atoms with van der Waals surface area (Å²) < 4.78 is 5.04. The van der Waals surface area contributed by atoms with Crippen molar-refractivity contribution in [2.24, 2.45) is 5.92 Å². The molecule has 1 saturated heterocycles. The van der Waals surface area contributed by atoms with Crippen molar-refractivity contribution < 1.29 is 9.53 Å². The molecule has 4 nitrogen and oxygen atoms in total. The minimum absolute atomic E-state index is 0.251. The molecule has 1 atom stereocenters. The summed E-state index contributed by atoms with van der Waals surface area (Å²) in [5, 5.41) is 6.01. The Morgan fingerprint density at radius 1 is 1.64 bits per heavy atom. The highest BCUT2D eigenvalue weighted by Gasteiger charge is 2.16. The van der Waals surface area contributed by atoms with Crippen molar-refractivity contribution >= 4 is 6.09 Å². The maximum Gasteiger partial charge on any atom is 0.407 e. The van der Waals surface area contributed by atoms with Gasteiger partial charge in [-0.2, -0.15) is 0 Å². The van der Waals surface area contributed by atoms with Crippen LogP contribution in [0.25, 0.3) is 0 Å². The van der Waals surface area contributed by atoms with Crippen LogP contribution < -0.4 is 10.6 Å². The Labute approximate surface area is 85.4 Å². The molecule has 1 aliphatic heterocycles. The van der Waals surface area contributed by atoms with E-state index in [1.807, 2.05) is 0 Å². The quantitative estimate of drug-likeness (QED) is 0.715. The van der Waals surface area contributed by atoms with Crippen LogP contribution in [0.15, 0.2) is 0 Å². The molecule has 1 rings (SSSR count). The first kappa shape index (κ1) is 11.3. The van der Waals surface area contributed by atoms with E-state index in [1.54, 1.807) is 0 Å². The van der Waals surface area contributed by atoms with Crippen LogP contribution >= 0.6 is 0 Å². The average Bonchev–Trinajstić information content (AvgIpc) is 2.56. The van der Waals surface area contributed by atoms with Crippen LogP contribution in [0.1, 0.15) is 26.7 Å². The van der Waals surface area contributed by atoms with Crippen LogP contribution in [0, 0.1) is 5.92 Å². The average molecular weight is 200 g/mol. The van der Waals surface area contributed by atoms with Gasteiger partial charge in [-0.3, -0.25) is 0 Å². The lowest BCUT2D eigenvalue weighted by atomic mass is 10.1. The highest BCUT2D eigenvalue weighted by Crippen LogP contribution is 2.00. The number of hydrogen-bond donors (Lipinski definition) is 2. The molecule has 1 heterocycles. The first-order valence-electron chi connectivity index (χ1n) is 5.32. The normalized spacial score (nSPS) is 21.2. The van der Waals surface area contributed by atoms with Crippen LogP contribution in [0.2, 0.25) is 0 Å². The lowest BCUT2D eigenvalue weighted by molar-refractivity contribution is 0.137. The van der Waals surface area contributed by atoms with E-state index in [9.17, 15) is 4.79 Å². The molecule has 1 unspecified atom stereocenters. The number of amides is 1. The van der Waals surface area contributed by atoms with Gasteiger partial charge in [-0.1, -0.05) is 13.8 Å². The second-order valence-electron chi connectivity index (χ2n) is 4.15. The molecule has 2 N–H and O–H groups in total. The van der Waals surface area contributed by atoms with Gasteiger partial charge in [0.1, 0.15) is 0 Å². The van der Waals surface area contributed by atoms with Crippen molar-refractivity contribution in [3.05, 3.63) is 0 Å². The van der Waals surface area contributed by atoms with Crippen molar-refractivity contribution in [1.29, 1.82) is 0 Å². The van der Waals surface area contributed by atoms with E-state index in [4.69, 9.17) is 4.74 Å². The number of carbonyl (C=O) groups is 1. The number of carbonyl (C=O) groups excluding carboxylic acids is 1. The Morgan fingerprint density at radius 3 is 3.00 bits per heavy atom. The molecule has 82 valence electrons. The summed E-state index contributed by atoms with van der Waals surface area (Å²) in [7, 11) is 0. The van der Waals surface area contributed by atoms with Crippen LogP contribution in [-0.2, 0) is 4.74 Å². The second kappa shape index (κ2) is 5.86. The van der Waals surface area contributed by atoms with E-state index in [0.717, 1.165) is 25.9 Å². The smallest absolute Gasteiger partial charge is 0.407 e. The molecule has 0 aromatic heterocycles. The van der Waals surface area contributed by atoms with Gasteiger partial charge in [0.2, 0.25) is 0 Å². The highest BCUT2D eigenvalue weighted by molar-refractivity contribution is 5.67. The Hall–Kier alpha value is -0.770. The zero-order chi connectivity index (χ0) is 10.4. The second-order valence-corrected chi connectivity index (χ2v) is 4.15. The molecule has 0 aromatic carbocycles. The monoisotopic (exact) mass is 200 g/mol. The van der Waals surface area contributed by atoms with Gasteiger partial charge >= 0.3 is 6.09 Å². The number of alkyl carbamates (subject to hydrolysis) is 1. The minimum Gasteiger partial charge on any atom is -0.450 e. The number of hydrogen-bond acceptors (Lipinski definition) is 3. The summed E-state index contributed by atoms with van der Waals surface area (Å²) in [4.78, 5) is 11.2. The van der Waals surface area contributed by atoms with Crippen LogP contribution in [-0.4, -0.2) is 31.8 Å². The predicted molar refractivity (Wildman–Crippen MR) is 55.2 cm³/mol. The third-order valence-electron chi connectivity index (χ3n) is 2.31. The lowest BCUT2D eigenvalue weighted by Crippen LogP contribution is -2.36. The topological polar surface area (TPSA) is 50.4 Å².